The third-order valence-corrected chi connectivity index (χ3v) is 3.61. The highest BCUT2D eigenvalue weighted by Gasteiger charge is 2.20. The first kappa shape index (κ1) is 12.6. The van der Waals surface area contributed by atoms with Crippen molar-refractivity contribution in [3.8, 4) is 0 Å². The third-order valence-electron chi connectivity index (χ3n) is 3.61. The predicted octanol–water partition coefficient (Wildman–Crippen LogP) is 1.30. The van der Waals surface area contributed by atoms with E-state index < -0.39 is 0 Å². The largest absolute Gasteiger partial charge is 0.382 e. The van der Waals surface area contributed by atoms with Crippen molar-refractivity contribution < 1.29 is 4.79 Å². The number of hydrogen-bond donors (Lipinski definition) is 1. The van der Waals surface area contributed by atoms with Gasteiger partial charge in [0.2, 0.25) is 0 Å². The number of fused-ring (bicyclic) bond motifs is 1. The van der Waals surface area contributed by atoms with Crippen LogP contribution >= 0.6 is 0 Å². The van der Waals surface area contributed by atoms with E-state index in [0.29, 0.717) is 24.6 Å². The smallest absolute Gasteiger partial charge is 0.274 e. The van der Waals surface area contributed by atoms with Crippen molar-refractivity contribution in [2.24, 2.45) is 0 Å². The van der Waals surface area contributed by atoms with Crippen molar-refractivity contribution in [1.29, 1.82) is 0 Å². The monoisotopic (exact) mass is 268 g/mol. The third kappa shape index (κ3) is 2.47. The van der Waals surface area contributed by atoms with Crippen LogP contribution in [0.25, 0.3) is 0 Å². The van der Waals surface area contributed by atoms with Crippen LogP contribution in [0.4, 0.5) is 5.82 Å². The summed E-state index contributed by atoms with van der Waals surface area (Å²) in [6.45, 7) is 1.42. The number of nitrogens with two attached hydrogens (primary N) is 1. The van der Waals surface area contributed by atoms with Crippen LogP contribution in [0.1, 0.15) is 21.6 Å². The van der Waals surface area contributed by atoms with Crippen molar-refractivity contribution in [3.05, 3.63) is 53.2 Å². The molecule has 0 bridgehead atoms. The molecule has 1 amide bonds. The van der Waals surface area contributed by atoms with Gasteiger partial charge in [0.25, 0.3) is 5.91 Å². The molecule has 1 aliphatic rings. The Kier molecular flexibility index (Phi) is 3.33. The lowest BCUT2D eigenvalue weighted by Gasteiger charge is -2.19. The molecule has 0 saturated heterocycles. The van der Waals surface area contributed by atoms with E-state index in [1.807, 2.05) is 17.0 Å². The minimum Gasteiger partial charge on any atom is -0.382 e. The minimum atomic E-state index is -0.0784. The SMILES string of the molecule is Nc1ccc(C(=O)N2CCc3ccccc3CC2)nn1. The Morgan fingerprint density at radius 2 is 1.65 bits per heavy atom. The van der Waals surface area contributed by atoms with E-state index in [1.165, 1.54) is 11.1 Å². The van der Waals surface area contributed by atoms with Crippen LogP contribution in [0, 0.1) is 0 Å². The summed E-state index contributed by atoms with van der Waals surface area (Å²) in [4.78, 5) is 14.2. The standard InChI is InChI=1S/C15H16N4O/c16-14-6-5-13(17-18-14)15(20)19-9-7-11-3-1-2-4-12(11)8-10-19/h1-6H,7-10H2,(H2,16,18). The number of benzene rings is 1. The molecule has 1 aromatic heterocycles. The van der Waals surface area contributed by atoms with Crippen LogP contribution in [-0.2, 0) is 12.8 Å². The molecule has 0 spiro atoms. The topological polar surface area (TPSA) is 72.1 Å². The number of carbonyl (C=O) groups excluding carboxylic acids is 1. The molecular weight excluding hydrogens is 252 g/mol. The fourth-order valence-electron chi connectivity index (χ4n) is 2.49. The van der Waals surface area contributed by atoms with Gasteiger partial charge in [0.1, 0.15) is 5.82 Å². The number of hydrogen-bond acceptors (Lipinski definition) is 4. The number of anilines is 1. The maximum Gasteiger partial charge on any atom is 0.274 e. The van der Waals surface area contributed by atoms with Gasteiger partial charge in [0.15, 0.2) is 5.69 Å². The van der Waals surface area contributed by atoms with E-state index in [1.54, 1.807) is 12.1 Å². The molecule has 2 N–H and O–H groups in total. The van der Waals surface area contributed by atoms with Gasteiger partial charge in [0, 0.05) is 13.1 Å². The predicted molar refractivity (Wildman–Crippen MR) is 76.2 cm³/mol. The van der Waals surface area contributed by atoms with Crippen LogP contribution in [0.3, 0.4) is 0 Å². The highest BCUT2D eigenvalue weighted by atomic mass is 16.2. The zero-order valence-corrected chi connectivity index (χ0v) is 11.1. The van der Waals surface area contributed by atoms with Crippen LogP contribution < -0.4 is 5.73 Å². The summed E-state index contributed by atoms with van der Waals surface area (Å²) in [6, 6.07) is 11.6. The zero-order valence-electron chi connectivity index (χ0n) is 11.1. The maximum absolute atomic E-state index is 12.4. The molecule has 2 heterocycles. The highest BCUT2D eigenvalue weighted by molar-refractivity contribution is 5.92. The molecule has 5 nitrogen and oxygen atoms in total. The number of nitrogens with zero attached hydrogens (tertiary/aromatic N) is 3. The lowest BCUT2D eigenvalue weighted by molar-refractivity contribution is 0.0756. The lowest BCUT2D eigenvalue weighted by atomic mass is 10.0. The lowest BCUT2D eigenvalue weighted by Crippen LogP contribution is -2.34. The molecule has 2 aromatic rings. The second kappa shape index (κ2) is 5.28. The van der Waals surface area contributed by atoms with E-state index in [9.17, 15) is 4.79 Å². The summed E-state index contributed by atoms with van der Waals surface area (Å²) in [5, 5.41) is 7.61. The Balaban J connectivity index is 1.76. The van der Waals surface area contributed by atoms with E-state index in [2.05, 4.69) is 22.3 Å². The first-order valence-electron chi connectivity index (χ1n) is 6.69. The average Bonchev–Trinajstić information content (AvgIpc) is 2.70. The molecule has 20 heavy (non-hydrogen) atoms. The van der Waals surface area contributed by atoms with Crippen molar-refractivity contribution in [3.63, 3.8) is 0 Å². The molecule has 0 aliphatic carbocycles. The van der Waals surface area contributed by atoms with Crippen molar-refractivity contribution in [1.82, 2.24) is 15.1 Å². The Bertz CT molecular complexity index is 597. The molecule has 0 radical (unpaired) electrons. The number of nitrogen functional groups attached to an aromatic ring is 1. The summed E-state index contributed by atoms with van der Waals surface area (Å²) in [5.74, 6) is 0.245. The Labute approximate surface area is 117 Å². The van der Waals surface area contributed by atoms with Crippen LogP contribution in [-0.4, -0.2) is 34.1 Å². The first-order valence-corrected chi connectivity index (χ1v) is 6.69. The van der Waals surface area contributed by atoms with Gasteiger partial charge in [-0.3, -0.25) is 4.79 Å². The quantitative estimate of drug-likeness (QED) is 0.846. The molecule has 0 unspecified atom stereocenters. The number of aromatic nitrogens is 2. The zero-order chi connectivity index (χ0) is 13.9. The fraction of sp³-hybridized carbons (Fsp3) is 0.267. The second-order valence-corrected chi connectivity index (χ2v) is 4.90. The fourth-order valence-corrected chi connectivity index (χ4v) is 2.49. The number of amides is 1. The van der Waals surface area contributed by atoms with Crippen molar-refractivity contribution >= 4 is 11.7 Å². The van der Waals surface area contributed by atoms with E-state index >= 15 is 0 Å². The number of rotatable bonds is 1. The minimum absolute atomic E-state index is 0.0784. The molecule has 0 saturated carbocycles. The van der Waals surface area contributed by atoms with Gasteiger partial charge in [-0.05, 0) is 36.1 Å². The number of carbonyl (C=O) groups is 1. The van der Waals surface area contributed by atoms with Crippen LogP contribution in [0.15, 0.2) is 36.4 Å². The van der Waals surface area contributed by atoms with E-state index in [0.717, 1.165) is 12.8 Å². The molecule has 0 atom stereocenters. The summed E-state index contributed by atoms with van der Waals surface area (Å²) in [6.07, 6.45) is 1.76. The van der Waals surface area contributed by atoms with Gasteiger partial charge in [-0.15, -0.1) is 10.2 Å². The molecule has 5 heteroatoms. The van der Waals surface area contributed by atoms with Gasteiger partial charge in [-0.2, -0.15) is 0 Å². The second-order valence-electron chi connectivity index (χ2n) is 4.90. The van der Waals surface area contributed by atoms with Gasteiger partial charge in [0.05, 0.1) is 0 Å². The molecule has 0 fully saturated rings. The first-order chi connectivity index (χ1) is 9.74. The molecule has 1 aromatic carbocycles. The highest BCUT2D eigenvalue weighted by Crippen LogP contribution is 2.16. The maximum atomic E-state index is 12.4. The molecular formula is C15H16N4O. The summed E-state index contributed by atoms with van der Waals surface area (Å²) >= 11 is 0. The van der Waals surface area contributed by atoms with Crippen molar-refractivity contribution in [2.45, 2.75) is 12.8 Å². The van der Waals surface area contributed by atoms with Gasteiger partial charge >= 0.3 is 0 Å². The summed E-state index contributed by atoms with van der Waals surface area (Å²) < 4.78 is 0. The summed E-state index contributed by atoms with van der Waals surface area (Å²) in [7, 11) is 0. The summed E-state index contributed by atoms with van der Waals surface area (Å²) in [5.41, 5.74) is 8.49. The molecule has 3 rings (SSSR count). The van der Waals surface area contributed by atoms with Crippen LogP contribution in [0.2, 0.25) is 0 Å². The van der Waals surface area contributed by atoms with Crippen LogP contribution in [0.5, 0.6) is 0 Å². The Hall–Kier alpha value is -2.43. The van der Waals surface area contributed by atoms with E-state index in [4.69, 9.17) is 5.73 Å². The average molecular weight is 268 g/mol. The Morgan fingerprint density at radius 1 is 1.00 bits per heavy atom. The van der Waals surface area contributed by atoms with Gasteiger partial charge < -0.3 is 10.6 Å². The normalized spacial score (nSPS) is 14.5. The van der Waals surface area contributed by atoms with Gasteiger partial charge in [-0.1, -0.05) is 24.3 Å². The Morgan fingerprint density at radius 3 is 2.20 bits per heavy atom. The van der Waals surface area contributed by atoms with E-state index in [-0.39, 0.29) is 5.91 Å². The molecule has 1 aliphatic heterocycles. The molecule has 102 valence electrons. The van der Waals surface area contributed by atoms with Gasteiger partial charge in [-0.25, -0.2) is 0 Å². The van der Waals surface area contributed by atoms with Crippen molar-refractivity contribution in [2.75, 3.05) is 18.8 Å².